The molecule has 5 aromatic rings. The second kappa shape index (κ2) is 7.44. The Bertz CT molecular complexity index is 1400. The van der Waals surface area contributed by atoms with Gasteiger partial charge in [0.2, 0.25) is 0 Å². The summed E-state index contributed by atoms with van der Waals surface area (Å²) in [5.74, 6) is 0.701. The predicted octanol–water partition coefficient (Wildman–Crippen LogP) is 3.60. The van der Waals surface area contributed by atoms with Gasteiger partial charge in [0.1, 0.15) is 11.8 Å². The van der Waals surface area contributed by atoms with Gasteiger partial charge in [-0.1, -0.05) is 36.4 Å². The normalized spacial score (nSPS) is 11.2. The van der Waals surface area contributed by atoms with Crippen molar-refractivity contribution in [3.63, 3.8) is 0 Å². The lowest BCUT2D eigenvalue weighted by Gasteiger charge is -2.13. The van der Waals surface area contributed by atoms with E-state index < -0.39 is 0 Å². The van der Waals surface area contributed by atoms with Crippen LogP contribution in [0.25, 0.3) is 27.8 Å². The molecule has 0 atom stereocenters. The number of H-pyrrole nitrogens is 1. The summed E-state index contributed by atoms with van der Waals surface area (Å²) in [7, 11) is 0. The fraction of sp³-hybridized carbons (Fsp3) is 0.130. The number of fused-ring (bicyclic) bond motifs is 2. The number of aryl methyl sites for hydroxylation is 1. The molecule has 2 N–H and O–H groups in total. The molecule has 5 rings (SSSR count). The van der Waals surface area contributed by atoms with Crippen molar-refractivity contribution in [2.24, 2.45) is 0 Å². The second-order valence-electron chi connectivity index (χ2n) is 7.22. The summed E-state index contributed by atoms with van der Waals surface area (Å²) < 4.78 is 1.73. The van der Waals surface area contributed by atoms with E-state index in [1.807, 2.05) is 55.6 Å². The summed E-state index contributed by atoms with van der Waals surface area (Å²) in [6, 6.07) is 15.9. The maximum absolute atomic E-state index is 13.4. The third kappa shape index (κ3) is 3.20. The third-order valence-electron chi connectivity index (χ3n) is 5.18. The van der Waals surface area contributed by atoms with Crippen LogP contribution in [0.15, 0.2) is 72.2 Å². The molecular weight excluding hydrogens is 376 g/mol. The Morgan fingerprint density at radius 3 is 2.80 bits per heavy atom. The number of nitrogens with zero attached hydrogens (tertiary/aromatic N) is 4. The van der Waals surface area contributed by atoms with Crippen LogP contribution < -0.4 is 10.9 Å². The molecule has 0 fully saturated rings. The first-order chi connectivity index (χ1) is 14.7. The molecule has 4 aromatic heterocycles. The van der Waals surface area contributed by atoms with Gasteiger partial charge in [0.25, 0.3) is 5.56 Å². The molecule has 0 spiro atoms. The highest BCUT2D eigenvalue weighted by Gasteiger charge is 2.14. The highest BCUT2D eigenvalue weighted by molar-refractivity contribution is 5.82. The van der Waals surface area contributed by atoms with Gasteiger partial charge >= 0.3 is 0 Å². The van der Waals surface area contributed by atoms with E-state index >= 15 is 0 Å². The molecule has 0 saturated carbocycles. The lowest BCUT2D eigenvalue weighted by molar-refractivity contribution is 0.985. The van der Waals surface area contributed by atoms with Crippen molar-refractivity contribution in [1.29, 1.82) is 0 Å². The van der Waals surface area contributed by atoms with E-state index in [4.69, 9.17) is 0 Å². The van der Waals surface area contributed by atoms with Crippen LogP contribution in [-0.2, 0) is 6.42 Å². The minimum absolute atomic E-state index is 0.00426. The van der Waals surface area contributed by atoms with Crippen LogP contribution in [0.3, 0.4) is 0 Å². The molecule has 0 aliphatic heterocycles. The Kier molecular flexibility index (Phi) is 4.48. The summed E-state index contributed by atoms with van der Waals surface area (Å²) >= 11 is 0. The molecule has 0 bridgehead atoms. The number of nitrogens with one attached hydrogen (secondary N) is 2. The first-order valence-corrected chi connectivity index (χ1v) is 9.79. The van der Waals surface area contributed by atoms with E-state index in [-0.39, 0.29) is 5.56 Å². The molecule has 0 aliphatic carbocycles. The fourth-order valence-corrected chi connectivity index (χ4v) is 3.75. The zero-order valence-corrected chi connectivity index (χ0v) is 16.5. The minimum Gasteiger partial charge on any atom is -0.368 e. The summed E-state index contributed by atoms with van der Waals surface area (Å²) in [5.41, 5.74) is 5.98. The number of imidazole rings is 1. The first-order valence-electron chi connectivity index (χ1n) is 9.79. The van der Waals surface area contributed by atoms with Crippen molar-refractivity contribution in [2.75, 3.05) is 11.9 Å². The summed E-state index contributed by atoms with van der Waals surface area (Å²) in [4.78, 5) is 29.1. The number of hydrogen-bond acceptors (Lipinski definition) is 5. The van der Waals surface area contributed by atoms with Crippen molar-refractivity contribution < 1.29 is 0 Å². The number of aromatic nitrogens is 5. The number of rotatable bonds is 5. The van der Waals surface area contributed by atoms with Gasteiger partial charge in [-0.25, -0.2) is 15.0 Å². The van der Waals surface area contributed by atoms with Gasteiger partial charge < -0.3 is 10.3 Å². The number of benzene rings is 1. The lowest BCUT2D eigenvalue weighted by atomic mass is 9.98. The highest BCUT2D eigenvalue weighted by atomic mass is 16.1. The van der Waals surface area contributed by atoms with Crippen molar-refractivity contribution in [1.82, 2.24) is 24.3 Å². The molecule has 0 radical (unpaired) electrons. The Morgan fingerprint density at radius 2 is 1.93 bits per heavy atom. The van der Waals surface area contributed by atoms with Gasteiger partial charge in [-0.15, -0.1) is 0 Å². The lowest BCUT2D eigenvalue weighted by Crippen LogP contribution is -2.19. The van der Waals surface area contributed by atoms with Crippen LogP contribution in [0.5, 0.6) is 0 Å². The third-order valence-corrected chi connectivity index (χ3v) is 5.18. The topological polar surface area (TPSA) is 88.0 Å². The molecule has 1 aromatic carbocycles. The first kappa shape index (κ1) is 18.1. The second-order valence-corrected chi connectivity index (χ2v) is 7.22. The van der Waals surface area contributed by atoms with E-state index in [9.17, 15) is 4.79 Å². The van der Waals surface area contributed by atoms with Crippen LogP contribution >= 0.6 is 0 Å². The number of aromatic amines is 1. The Labute approximate surface area is 172 Å². The molecule has 0 unspecified atom stereocenters. The molecule has 30 heavy (non-hydrogen) atoms. The summed E-state index contributed by atoms with van der Waals surface area (Å²) in [6.07, 6.45) is 5.65. The zero-order chi connectivity index (χ0) is 20.5. The van der Waals surface area contributed by atoms with Gasteiger partial charge in [0.15, 0.2) is 11.5 Å². The molecule has 4 heterocycles. The van der Waals surface area contributed by atoms with E-state index in [1.54, 1.807) is 10.7 Å². The van der Waals surface area contributed by atoms with Crippen LogP contribution in [0.2, 0.25) is 0 Å². The van der Waals surface area contributed by atoms with Gasteiger partial charge in [-0.05, 0) is 42.2 Å². The van der Waals surface area contributed by atoms with E-state index in [2.05, 4.69) is 31.3 Å². The quantitative estimate of drug-likeness (QED) is 0.474. The van der Waals surface area contributed by atoms with Crippen molar-refractivity contribution in [3.05, 3.63) is 88.9 Å². The number of pyridine rings is 2. The zero-order valence-electron chi connectivity index (χ0n) is 16.5. The van der Waals surface area contributed by atoms with Crippen LogP contribution in [-0.4, -0.2) is 30.9 Å². The predicted molar refractivity (Wildman–Crippen MR) is 118 cm³/mol. The van der Waals surface area contributed by atoms with Crippen molar-refractivity contribution in [3.8, 4) is 11.1 Å². The monoisotopic (exact) mass is 396 g/mol. The SMILES string of the molecule is Cc1ccc2cc(CCNc3ncnc4nc[nH]c34)c(-c3ccccc3)c(=O)n2c1. The van der Waals surface area contributed by atoms with E-state index in [1.165, 1.54) is 6.33 Å². The van der Waals surface area contributed by atoms with Crippen molar-refractivity contribution in [2.45, 2.75) is 13.3 Å². The molecular formula is C23H20N6O. The molecule has 7 nitrogen and oxygen atoms in total. The maximum Gasteiger partial charge on any atom is 0.263 e. The van der Waals surface area contributed by atoms with Gasteiger partial charge in [-0.2, -0.15) is 0 Å². The Hall–Kier alpha value is -4.00. The highest BCUT2D eigenvalue weighted by Crippen LogP contribution is 2.23. The van der Waals surface area contributed by atoms with Gasteiger partial charge in [-0.3, -0.25) is 9.20 Å². The Morgan fingerprint density at radius 1 is 1.07 bits per heavy atom. The average Bonchev–Trinajstić information content (AvgIpc) is 3.25. The average molecular weight is 396 g/mol. The molecule has 148 valence electrons. The molecule has 7 heteroatoms. The van der Waals surface area contributed by atoms with Crippen LogP contribution in [0.4, 0.5) is 5.82 Å². The molecule has 0 amide bonds. The van der Waals surface area contributed by atoms with Gasteiger partial charge in [0.05, 0.1) is 11.9 Å². The minimum atomic E-state index is -0.00426. The summed E-state index contributed by atoms with van der Waals surface area (Å²) in [5, 5.41) is 3.35. The standard InChI is InChI=1S/C23H20N6O/c1-15-7-8-18-11-17(9-10-24-21-20-22(26-13-25-20)28-14-27-21)19(23(30)29(18)12-15)16-5-3-2-4-6-16/h2-8,11-14H,9-10H2,1H3,(H2,24,25,26,27,28). The van der Waals surface area contributed by atoms with Crippen molar-refractivity contribution >= 4 is 22.5 Å². The van der Waals surface area contributed by atoms with Crippen LogP contribution in [0, 0.1) is 6.92 Å². The maximum atomic E-state index is 13.4. The van der Waals surface area contributed by atoms with E-state index in [0.29, 0.717) is 24.4 Å². The molecule has 0 saturated heterocycles. The van der Waals surface area contributed by atoms with Crippen LogP contribution in [0.1, 0.15) is 11.1 Å². The smallest absolute Gasteiger partial charge is 0.263 e. The number of anilines is 1. The van der Waals surface area contributed by atoms with Gasteiger partial charge in [0, 0.05) is 18.3 Å². The number of hydrogen-bond donors (Lipinski definition) is 2. The largest absolute Gasteiger partial charge is 0.368 e. The summed E-state index contributed by atoms with van der Waals surface area (Å²) in [6.45, 7) is 2.61. The Balaban J connectivity index is 1.53. The van der Waals surface area contributed by atoms with E-state index in [0.717, 1.165) is 33.3 Å². The molecule has 0 aliphatic rings. The fourth-order valence-electron chi connectivity index (χ4n) is 3.75.